The third-order valence-electron chi connectivity index (χ3n) is 3.86. The van der Waals surface area contributed by atoms with Crippen molar-refractivity contribution in [2.45, 2.75) is 46.0 Å². The summed E-state index contributed by atoms with van der Waals surface area (Å²) in [6, 6.07) is 0. The summed E-state index contributed by atoms with van der Waals surface area (Å²) < 4.78 is 4.74. The summed E-state index contributed by atoms with van der Waals surface area (Å²) in [5.74, 6) is -5.42. The van der Waals surface area contributed by atoms with E-state index >= 15 is 0 Å². The van der Waals surface area contributed by atoms with Gasteiger partial charge in [0.2, 0.25) is 0 Å². The zero-order chi connectivity index (χ0) is 20.3. The van der Waals surface area contributed by atoms with Crippen molar-refractivity contribution in [2.24, 2.45) is 11.8 Å². The Morgan fingerprint density at radius 3 is 2.00 bits per heavy atom. The molecule has 8 nitrogen and oxygen atoms in total. The fraction of sp³-hybridized carbons (Fsp3) is 0.556. The van der Waals surface area contributed by atoms with Gasteiger partial charge < -0.3 is 29.6 Å². The molecule has 0 saturated heterocycles. The van der Waals surface area contributed by atoms with Gasteiger partial charge in [0, 0.05) is 23.9 Å². The van der Waals surface area contributed by atoms with E-state index in [0.717, 1.165) is 12.8 Å². The van der Waals surface area contributed by atoms with Gasteiger partial charge in [-0.2, -0.15) is 0 Å². The summed E-state index contributed by atoms with van der Waals surface area (Å²) in [6.45, 7) is 6.52. The Labute approximate surface area is 174 Å². The van der Waals surface area contributed by atoms with Crippen LogP contribution in [0.25, 0.3) is 0 Å². The third kappa shape index (κ3) is 11.4. The molecule has 0 spiro atoms. The van der Waals surface area contributed by atoms with Gasteiger partial charge in [0.15, 0.2) is 0 Å². The average Bonchev–Trinajstić information content (AvgIpc) is 2.58. The first-order valence-corrected chi connectivity index (χ1v) is 8.22. The number of ether oxygens (including phenoxy) is 1. The molecule has 0 aromatic carbocycles. The quantitative estimate of drug-likeness (QED) is 0.263. The fourth-order valence-electron chi connectivity index (χ4n) is 2.34. The third-order valence-corrected chi connectivity index (χ3v) is 3.86. The number of aliphatic carboxylic acids is 3. The van der Waals surface area contributed by atoms with Crippen LogP contribution < -0.4 is 10.2 Å². The van der Waals surface area contributed by atoms with E-state index in [1.54, 1.807) is 6.92 Å². The zero-order valence-electron chi connectivity index (χ0n) is 15.7. The molecule has 1 aliphatic carbocycles. The minimum Gasteiger partial charge on any atom is -0.550 e. The van der Waals surface area contributed by atoms with Gasteiger partial charge in [-0.3, -0.25) is 4.79 Å². The molecule has 2 atom stereocenters. The van der Waals surface area contributed by atoms with Crippen molar-refractivity contribution in [1.29, 1.82) is 0 Å². The van der Waals surface area contributed by atoms with Crippen LogP contribution in [0.5, 0.6) is 0 Å². The monoisotopic (exact) mass is 392 g/mol. The Hall–Kier alpha value is -1.87. The van der Waals surface area contributed by atoms with Crippen LogP contribution in [-0.4, -0.2) is 58.6 Å². The van der Waals surface area contributed by atoms with Crippen LogP contribution in [0.3, 0.4) is 0 Å². The average molecular weight is 393 g/mol. The predicted molar refractivity (Wildman–Crippen MR) is 93.0 cm³/mol. The smallest absolute Gasteiger partial charge is 0.550 e. The van der Waals surface area contributed by atoms with Crippen molar-refractivity contribution in [1.82, 2.24) is 0 Å². The molecule has 0 bridgehead atoms. The molecule has 0 aromatic heterocycles. The number of carboxylic acid groups (broad SMARTS) is 3. The van der Waals surface area contributed by atoms with Crippen LogP contribution in [0.1, 0.15) is 46.0 Å². The number of carbonyl (C=O) groups is 4. The second-order valence-corrected chi connectivity index (χ2v) is 6.03. The van der Waals surface area contributed by atoms with Crippen LogP contribution in [0.15, 0.2) is 23.8 Å². The first kappa shape index (κ1) is 27.3. The first-order chi connectivity index (χ1) is 12.1. The molecule has 27 heavy (non-hydrogen) atoms. The van der Waals surface area contributed by atoms with Gasteiger partial charge in [-0.1, -0.05) is 25.5 Å². The van der Waals surface area contributed by atoms with Crippen molar-refractivity contribution >= 4 is 46.9 Å². The Kier molecular flexibility index (Phi) is 14.4. The molecular weight excluding hydrogens is 368 g/mol. The maximum Gasteiger partial charge on any atom is 2.00 e. The fourth-order valence-corrected chi connectivity index (χ4v) is 2.34. The molecular formula is C18H24MgO8. The molecule has 0 aromatic rings. The number of carboxylic acids is 3. The number of rotatable bonds is 7. The molecule has 0 amide bonds. The molecule has 0 aliphatic heterocycles. The van der Waals surface area contributed by atoms with Crippen molar-refractivity contribution in [2.75, 3.05) is 6.61 Å². The summed E-state index contributed by atoms with van der Waals surface area (Å²) in [4.78, 5) is 42.2. The van der Waals surface area contributed by atoms with E-state index in [4.69, 9.17) is 9.84 Å². The van der Waals surface area contributed by atoms with Crippen LogP contribution in [0.4, 0.5) is 0 Å². The summed E-state index contributed by atoms with van der Waals surface area (Å²) >= 11 is 0. The second kappa shape index (κ2) is 14.2. The van der Waals surface area contributed by atoms with Crippen LogP contribution in [0.2, 0.25) is 0 Å². The van der Waals surface area contributed by atoms with E-state index in [0.29, 0.717) is 24.8 Å². The summed E-state index contributed by atoms with van der Waals surface area (Å²) in [5, 5.41) is 29.4. The Morgan fingerprint density at radius 2 is 1.63 bits per heavy atom. The molecule has 1 saturated carbocycles. The molecule has 1 aliphatic rings. The van der Waals surface area contributed by atoms with Crippen molar-refractivity contribution in [3.63, 3.8) is 0 Å². The second-order valence-electron chi connectivity index (χ2n) is 6.03. The summed E-state index contributed by atoms with van der Waals surface area (Å²) in [7, 11) is 0. The molecule has 146 valence electrons. The van der Waals surface area contributed by atoms with E-state index in [1.807, 2.05) is 0 Å². The SMILES string of the molecule is C=C(C)C(=O)OCCC=C(C)C(=O)[O-].O=C([O-])C1CCCCC1C(=O)O.[Mg+2]. The molecule has 9 heteroatoms. The normalized spacial score (nSPS) is 18.8. The van der Waals surface area contributed by atoms with Gasteiger partial charge in [0.1, 0.15) is 0 Å². The molecule has 0 radical (unpaired) electrons. The molecule has 1 fully saturated rings. The molecule has 0 heterocycles. The van der Waals surface area contributed by atoms with Gasteiger partial charge in [0.05, 0.1) is 18.5 Å². The number of hydrogen-bond acceptors (Lipinski definition) is 7. The van der Waals surface area contributed by atoms with Gasteiger partial charge in [0.25, 0.3) is 0 Å². The summed E-state index contributed by atoms with van der Waals surface area (Å²) in [6.07, 6.45) is 4.32. The maximum absolute atomic E-state index is 10.9. The number of hydrogen-bond donors (Lipinski definition) is 1. The van der Waals surface area contributed by atoms with Crippen LogP contribution in [0, 0.1) is 11.8 Å². The van der Waals surface area contributed by atoms with Crippen molar-refractivity contribution < 1.29 is 39.2 Å². The Bertz CT molecular complexity index is 560. The molecule has 1 N–H and O–H groups in total. The van der Waals surface area contributed by atoms with E-state index < -0.39 is 35.7 Å². The van der Waals surface area contributed by atoms with Gasteiger partial charge in [-0.15, -0.1) is 0 Å². The first-order valence-electron chi connectivity index (χ1n) is 8.22. The maximum atomic E-state index is 10.9. The Morgan fingerprint density at radius 1 is 1.11 bits per heavy atom. The van der Waals surface area contributed by atoms with E-state index in [-0.39, 0.29) is 35.2 Å². The van der Waals surface area contributed by atoms with Crippen molar-refractivity contribution in [3.8, 4) is 0 Å². The zero-order valence-corrected chi connectivity index (χ0v) is 17.1. The van der Waals surface area contributed by atoms with E-state index in [2.05, 4.69) is 6.58 Å². The minimum absolute atomic E-state index is 0. The minimum atomic E-state index is -1.22. The van der Waals surface area contributed by atoms with Crippen LogP contribution in [-0.2, 0) is 23.9 Å². The van der Waals surface area contributed by atoms with Gasteiger partial charge >= 0.3 is 35.0 Å². The Balaban J connectivity index is 0. The van der Waals surface area contributed by atoms with E-state index in [9.17, 15) is 29.4 Å². The van der Waals surface area contributed by atoms with Crippen molar-refractivity contribution in [3.05, 3.63) is 23.8 Å². The molecule has 2 unspecified atom stereocenters. The summed E-state index contributed by atoms with van der Waals surface area (Å²) in [5.41, 5.74) is 0.460. The van der Waals surface area contributed by atoms with E-state index in [1.165, 1.54) is 13.0 Å². The number of esters is 1. The topological polar surface area (TPSA) is 144 Å². The van der Waals surface area contributed by atoms with Crippen LogP contribution >= 0.6 is 0 Å². The van der Waals surface area contributed by atoms with Gasteiger partial charge in [-0.25, -0.2) is 4.79 Å². The number of carbonyl (C=O) groups excluding carboxylic acids is 3. The largest absolute Gasteiger partial charge is 2.00 e. The predicted octanol–water partition coefficient (Wildman–Crippen LogP) is -0.561. The molecule has 1 rings (SSSR count). The standard InChI is InChI=1S/C10H14O4.C8H12O4.Mg/c1-7(2)10(13)14-6-4-5-8(3)9(11)12;9-7(10)5-3-1-2-4-6(5)8(11)12;/h5H,1,4,6H2,2-3H3,(H,11,12);5-6H,1-4H2,(H,9,10)(H,11,12);/q;;+2/p-2. The van der Waals surface area contributed by atoms with Gasteiger partial charge in [-0.05, 0) is 32.3 Å².